The van der Waals surface area contributed by atoms with E-state index in [-0.39, 0.29) is 24.2 Å². The fraction of sp³-hybridized carbons (Fsp3) is 0.818. The molecule has 5 rings (SSSR count). The summed E-state index contributed by atoms with van der Waals surface area (Å²) in [6, 6.07) is 0.983. The minimum absolute atomic E-state index is 0.0292. The van der Waals surface area contributed by atoms with Gasteiger partial charge in [-0.25, -0.2) is 4.39 Å². The van der Waals surface area contributed by atoms with Gasteiger partial charge in [0.25, 0.3) is 0 Å². The summed E-state index contributed by atoms with van der Waals surface area (Å²) in [4.78, 5) is 4.06. The smallest absolute Gasteiger partial charge is 0.381 e. The van der Waals surface area contributed by atoms with Crippen molar-refractivity contribution in [2.24, 2.45) is 17.8 Å². The third-order valence-corrected chi connectivity index (χ3v) is 7.57. The molecular weight excluding hydrogens is 426 g/mol. The van der Waals surface area contributed by atoms with E-state index in [1.807, 2.05) is 0 Å². The maximum atomic E-state index is 13.8. The number of likely N-dealkylation sites (tertiary alicyclic amines) is 1. The molecule has 4 aliphatic rings. The van der Waals surface area contributed by atoms with Gasteiger partial charge in [0.1, 0.15) is 11.7 Å². The lowest BCUT2D eigenvalue weighted by Gasteiger charge is -2.28. The van der Waals surface area contributed by atoms with Gasteiger partial charge in [-0.05, 0) is 55.9 Å². The van der Waals surface area contributed by atoms with Crippen molar-refractivity contribution < 1.29 is 22.3 Å². The standard InChI is InChI=1S/C22H31F4N5O/c23-17-1-4-31(13-17)20-9-19(22(24,25)26)21(29-28-20)27-18-7-15-11-30(12-16(15)8-18)10-14-2-5-32-6-3-14/h9,14-18H,1-8,10-13H2,(H,27,29)/t15?,16?,17-,18?/m0/s1. The number of nitrogens with one attached hydrogen (secondary N) is 1. The zero-order valence-corrected chi connectivity index (χ0v) is 18.2. The van der Waals surface area contributed by atoms with Crippen LogP contribution in [0, 0.1) is 17.8 Å². The van der Waals surface area contributed by atoms with Crippen LogP contribution in [-0.4, -0.2) is 73.2 Å². The van der Waals surface area contributed by atoms with Crippen LogP contribution in [0.25, 0.3) is 0 Å². The van der Waals surface area contributed by atoms with E-state index in [1.165, 1.54) is 4.90 Å². The van der Waals surface area contributed by atoms with Crippen LogP contribution in [0.5, 0.6) is 0 Å². The van der Waals surface area contributed by atoms with Crippen LogP contribution in [0.3, 0.4) is 0 Å². The molecule has 6 nitrogen and oxygen atoms in total. The highest BCUT2D eigenvalue weighted by molar-refractivity contribution is 5.53. The molecule has 1 aliphatic carbocycles. The highest BCUT2D eigenvalue weighted by Gasteiger charge is 2.43. The molecule has 0 amide bonds. The van der Waals surface area contributed by atoms with Crippen LogP contribution in [-0.2, 0) is 10.9 Å². The lowest BCUT2D eigenvalue weighted by atomic mass is 10.00. The molecule has 32 heavy (non-hydrogen) atoms. The van der Waals surface area contributed by atoms with E-state index in [2.05, 4.69) is 20.4 Å². The first-order valence-corrected chi connectivity index (χ1v) is 11.8. The number of fused-ring (bicyclic) bond motifs is 1. The van der Waals surface area contributed by atoms with Crippen LogP contribution < -0.4 is 10.2 Å². The largest absolute Gasteiger partial charge is 0.420 e. The predicted octanol–water partition coefficient (Wildman–Crippen LogP) is 3.59. The van der Waals surface area contributed by atoms with Crippen molar-refractivity contribution in [1.29, 1.82) is 0 Å². The van der Waals surface area contributed by atoms with E-state index in [1.54, 1.807) is 0 Å². The maximum Gasteiger partial charge on any atom is 0.420 e. The number of alkyl halides is 4. The average molecular weight is 458 g/mol. The topological polar surface area (TPSA) is 53.5 Å². The Balaban J connectivity index is 1.20. The molecule has 3 saturated heterocycles. The molecule has 3 aliphatic heterocycles. The van der Waals surface area contributed by atoms with E-state index in [9.17, 15) is 17.6 Å². The van der Waals surface area contributed by atoms with E-state index in [0.29, 0.717) is 30.7 Å². The van der Waals surface area contributed by atoms with Crippen molar-refractivity contribution in [2.45, 2.75) is 50.5 Å². The Morgan fingerprint density at radius 3 is 2.38 bits per heavy atom. The SMILES string of the molecule is F[C@H]1CCN(c2cc(C(F)(F)F)c(NC3CC4CN(CC5CCOCC5)CC4C3)nn2)C1. The molecule has 10 heteroatoms. The van der Waals surface area contributed by atoms with Crippen molar-refractivity contribution >= 4 is 11.6 Å². The minimum atomic E-state index is -4.54. The molecule has 178 valence electrons. The number of halogens is 4. The summed E-state index contributed by atoms with van der Waals surface area (Å²) in [5.41, 5.74) is -0.817. The molecule has 4 heterocycles. The lowest BCUT2D eigenvalue weighted by Crippen LogP contribution is -2.32. The van der Waals surface area contributed by atoms with E-state index in [0.717, 1.165) is 64.6 Å². The Hall–Kier alpha value is -1.68. The van der Waals surface area contributed by atoms with Gasteiger partial charge >= 0.3 is 6.18 Å². The summed E-state index contributed by atoms with van der Waals surface area (Å²) in [5.74, 6) is 1.61. The van der Waals surface area contributed by atoms with Gasteiger partial charge in [-0.2, -0.15) is 13.2 Å². The molecule has 2 unspecified atom stereocenters. The van der Waals surface area contributed by atoms with E-state index < -0.39 is 17.9 Å². The molecule has 0 bridgehead atoms. The molecule has 4 fully saturated rings. The third-order valence-electron chi connectivity index (χ3n) is 7.57. The highest BCUT2D eigenvalue weighted by atomic mass is 19.4. The number of ether oxygens (including phenoxy) is 1. The van der Waals surface area contributed by atoms with Crippen molar-refractivity contribution in [3.05, 3.63) is 11.6 Å². The summed E-state index contributed by atoms with van der Waals surface area (Å²) in [6.45, 7) is 5.28. The fourth-order valence-electron chi connectivity index (χ4n) is 5.94. The van der Waals surface area contributed by atoms with Crippen LogP contribution in [0.1, 0.15) is 37.7 Å². The molecule has 1 aromatic heterocycles. The quantitative estimate of drug-likeness (QED) is 0.682. The van der Waals surface area contributed by atoms with Crippen LogP contribution in [0.2, 0.25) is 0 Å². The minimum Gasteiger partial charge on any atom is -0.381 e. The number of anilines is 2. The van der Waals surface area contributed by atoms with Gasteiger partial charge in [-0.3, -0.25) is 0 Å². The van der Waals surface area contributed by atoms with Gasteiger partial charge in [-0.1, -0.05) is 0 Å². The zero-order valence-electron chi connectivity index (χ0n) is 18.2. The number of aromatic nitrogens is 2. The summed E-state index contributed by atoms with van der Waals surface area (Å²) >= 11 is 0. The number of nitrogens with zero attached hydrogens (tertiary/aromatic N) is 4. The summed E-state index contributed by atoms with van der Waals surface area (Å²) < 4.78 is 60.2. The Morgan fingerprint density at radius 1 is 1.03 bits per heavy atom. The molecule has 0 aromatic carbocycles. The second-order valence-corrected chi connectivity index (χ2v) is 9.90. The second kappa shape index (κ2) is 8.93. The monoisotopic (exact) mass is 457 g/mol. The van der Waals surface area contributed by atoms with Crippen LogP contribution in [0.15, 0.2) is 6.07 Å². The number of hydrogen-bond donors (Lipinski definition) is 1. The first kappa shape index (κ1) is 22.1. The molecule has 0 radical (unpaired) electrons. The summed E-state index contributed by atoms with van der Waals surface area (Å²) in [6.07, 6.45) is -1.33. The zero-order chi connectivity index (χ0) is 22.3. The van der Waals surface area contributed by atoms with Gasteiger partial charge in [0.15, 0.2) is 11.6 Å². The average Bonchev–Trinajstić information content (AvgIpc) is 3.43. The third kappa shape index (κ3) is 4.81. The van der Waals surface area contributed by atoms with Crippen molar-refractivity contribution in [3.8, 4) is 0 Å². The fourth-order valence-corrected chi connectivity index (χ4v) is 5.94. The van der Waals surface area contributed by atoms with Crippen LogP contribution >= 0.6 is 0 Å². The normalized spacial score (nSPS) is 31.9. The Kier molecular flexibility index (Phi) is 6.17. The molecule has 0 spiro atoms. The first-order chi connectivity index (χ1) is 15.3. The first-order valence-electron chi connectivity index (χ1n) is 11.8. The van der Waals surface area contributed by atoms with Gasteiger partial charge in [0, 0.05) is 45.4 Å². The molecular formula is C22H31F4N5O. The Labute approximate surface area is 185 Å². The Bertz CT molecular complexity index is 789. The predicted molar refractivity (Wildman–Crippen MR) is 112 cm³/mol. The van der Waals surface area contributed by atoms with Crippen LogP contribution in [0.4, 0.5) is 29.2 Å². The van der Waals surface area contributed by atoms with Gasteiger partial charge in [-0.15, -0.1) is 10.2 Å². The molecule has 1 N–H and O–H groups in total. The summed E-state index contributed by atoms with van der Waals surface area (Å²) in [5, 5.41) is 10.9. The van der Waals surface area contributed by atoms with Gasteiger partial charge < -0.3 is 19.9 Å². The number of hydrogen-bond acceptors (Lipinski definition) is 6. The maximum absolute atomic E-state index is 13.8. The lowest BCUT2D eigenvalue weighted by molar-refractivity contribution is -0.137. The van der Waals surface area contributed by atoms with Crippen molar-refractivity contribution in [3.63, 3.8) is 0 Å². The van der Waals surface area contributed by atoms with E-state index >= 15 is 0 Å². The summed E-state index contributed by atoms with van der Waals surface area (Å²) in [7, 11) is 0. The molecule has 1 aromatic rings. The Morgan fingerprint density at radius 2 is 1.75 bits per heavy atom. The van der Waals surface area contributed by atoms with Gasteiger partial charge in [0.2, 0.25) is 0 Å². The van der Waals surface area contributed by atoms with Crippen molar-refractivity contribution in [1.82, 2.24) is 15.1 Å². The highest BCUT2D eigenvalue weighted by Crippen LogP contribution is 2.42. The number of rotatable bonds is 5. The molecule has 1 saturated carbocycles. The van der Waals surface area contributed by atoms with Gasteiger partial charge in [0.05, 0.1) is 6.54 Å². The molecule has 3 atom stereocenters. The van der Waals surface area contributed by atoms with E-state index in [4.69, 9.17) is 4.74 Å². The second-order valence-electron chi connectivity index (χ2n) is 9.90. The van der Waals surface area contributed by atoms with Crippen molar-refractivity contribution in [2.75, 3.05) is 56.2 Å².